The molecule has 0 unspecified atom stereocenters. The number of thiophene rings is 1. The van der Waals surface area contributed by atoms with Crippen LogP contribution in [0.15, 0.2) is 35.2 Å². The Labute approximate surface area is 141 Å². The van der Waals surface area contributed by atoms with Crippen molar-refractivity contribution in [3.63, 3.8) is 0 Å². The van der Waals surface area contributed by atoms with Crippen LogP contribution in [0.1, 0.15) is 30.2 Å². The van der Waals surface area contributed by atoms with E-state index in [-0.39, 0.29) is 18.1 Å². The minimum atomic E-state index is -3.76. The van der Waals surface area contributed by atoms with E-state index in [0.717, 1.165) is 21.7 Å². The first-order valence-electron chi connectivity index (χ1n) is 7.68. The van der Waals surface area contributed by atoms with E-state index < -0.39 is 10.1 Å². The summed E-state index contributed by atoms with van der Waals surface area (Å²) in [5, 5.41) is 8.93. The lowest BCUT2D eigenvalue weighted by Crippen LogP contribution is -2.08. The van der Waals surface area contributed by atoms with Gasteiger partial charge in [-0.25, -0.2) is 0 Å². The Kier molecular flexibility index (Phi) is 6.35. The highest BCUT2D eigenvalue weighted by atomic mass is 32.2. The first-order valence-corrected chi connectivity index (χ1v) is 9.90. The molecule has 6 heteroatoms. The number of rotatable bonds is 8. The molecule has 23 heavy (non-hydrogen) atoms. The smallest absolute Gasteiger partial charge is 0.297 e. The fourth-order valence-corrected chi connectivity index (χ4v) is 4.55. The minimum Gasteiger partial charge on any atom is -0.396 e. The average molecular weight is 354 g/mol. The Morgan fingerprint density at radius 1 is 1.22 bits per heavy atom. The summed E-state index contributed by atoms with van der Waals surface area (Å²) in [6.45, 7) is 4.15. The molecule has 126 valence electrons. The van der Waals surface area contributed by atoms with Crippen molar-refractivity contribution in [2.24, 2.45) is 0 Å². The number of aryl methyl sites for hydroxylation is 2. The van der Waals surface area contributed by atoms with E-state index in [2.05, 4.69) is 0 Å². The average Bonchev–Trinajstić information content (AvgIpc) is 2.99. The molecule has 0 aliphatic carbocycles. The molecule has 0 amide bonds. The van der Waals surface area contributed by atoms with Gasteiger partial charge in [0.15, 0.2) is 0 Å². The van der Waals surface area contributed by atoms with Crippen LogP contribution >= 0.6 is 11.3 Å². The lowest BCUT2D eigenvalue weighted by molar-refractivity contribution is 0.289. The molecule has 0 spiro atoms. The highest BCUT2D eigenvalue weighted by Gasteiger charge is 2.21. The van der Waals surface area contributed by atoms with Crippen molar-refractivity contribution < 1.29 is 17.7 Å². The summed E-state index contributed by atoms with van der Waals surface area (Å²) in [6.07, 6.45) is 2.14. The van der Waals surface area contributed by atoms with Gasteiger partial charge in [0.2, 0.25) is 0 Å². The van der Waals surface area contributed by atoms with E-state index in [1.807, 2.05) is 32.0 Å². The SMILES string of the molecule is CCCOS(=O)(=O)c1ccc(C)cc1-c1ccc(CCCO)s1. The van der Waals surface area contributed by atoms with E-state index in [1.165, 1.54) is 0 Å². The van der Waals surface area contributed by atoms with Gasteiger partial charge >= 0.3 is 0 Å². The fourth-order valence-electron chi connectivity index (χ4n) is 2.22. The molecular weight excluding hydrogens is 332 g/mol. The topological polar surface area (TPSA) is 63.6 Å². The van der Waals surface area contributed by atoms with E-state index in [1.54, 1.807) is 23.5 Å². The lowest BCUT2D eigenvalue weighted by atomic mass is 10.1. The molecule has 2 rings (SSSR count). The first-order chi connectivity index (χ1) is 11.0. The Morgan fingerprint density at radius 2 is 2.00 bits per heavy atom. The summed E-state index contributed by atoms with van der Waals surface area (Å²) in [4.78, 5) is 2.25. The predicted molar refractivity (Wildman–Crippen MR) is 93.3 cm³/mol. The zero-order valence-corrected chi connectivity index (χ0v) is 15.0. The van der Waals surface area contributed by atoms with Gasteiger partial charge in [-0.1, -0.05) is 18.6 Å². The normalized spacial score (nSPS) is 11.8. The monoisotopic (exact) mass is 354 g/mol. The third kappa shape index (κ3) is 4.64. The summed E-state index contributed by atoms with van der Waals surface area (Å²) < 4.78 is 29.9. The summed E-state index contributed by atoms with van der Waals surface area (Å²) in [5.41, 5.74) is 1.68. The van der Waals surface area contributed by atoms with Gasteiger partial charge in [0.1, 0.15) is 4.90 Å². The van der Waals surface area contributed by atoms with Gasteiger partial charge in [0, 0.05) is 21.9 Å². The van der Waals surface area contributed by atoms with Gasteiger partial charge in [-0.3, -0.25) is 4.18 Å². The number of hydrogen-bond acceptors (Lipinski definition) is 5. The Hall–Kier alpha value is -1.21. The third-order valence-corrected chi connectivity index (χ3v) is 5.91. The van der Waals surface area contributed by atoms with Gasteiger partial charge in [0.05, 0.1) is 6.61 Å². The predicted octanol–water partition coefficient (Wildman–Crippen LogP) is 3.76. The van der Waals surface area contributed by atoms with Gasteiger partial charge in [-0.15, -0.1) is 11.3 Å². The van der Waals surface area contributed by atoms with Gasteiger partial charge in [0.25, 0.3) is 10.1 Å². The summed E-state index contributed by atoms with van der Waals surface area (Å²) in [6, 6.07) is 9.20. The first kappa shape index (κ1) is 18.1. The molecular formula is C17H22O4S2. The summed E-state index contributed by atoms with van der Waals surface area (Å²) in [5.74, 6) is 0. The highest BCUT2D eigenvalue weighted by molar-refractivity contribution is 7.87. The van der Waals surface area contributed by atoms with Crippen molar-refractivity contribution in [2.45, 2.75) is 38.0 Å². The van der Waals surface area contributed by atoms with Crippen molar-refractivity contribution >= 4 is 21.5 Å². The fraction of sp³-hybridized carbons (Fsp3) is 0.412. The molecule has 0 aliphatic rings. The van der Waals surface area contributed by atoms with Crippen molar-refractivity contribution in [1.82, 2.24) is 0 Å². The van der Waals surface area contributed by atoms with Crippen LogP contribution in [0.2, 0.25) is 0 Å². The molecule has 0 saturated heterocycles. The second kappa shape index (κ2) is 8.06. The van der Waals surface area contributed by atoms with E-state index >= 15 is 0 Å². The molecule has 0 aliphatic heterocycles. The molecule has 1 aromatic heterocycles. The van der Waals surface area contributed by atoms with Crippen LogP contribution in [0.4, 0.5) is 0 Å². The van der Waals surface area contributed by atoms with Crippen LogP contribution in [0.25, 0.3) is 10.4 Å². The van der Waals surface area contributed by atoms with E-state index in [0.29, 0.717) is 18.4 Å². The largest absolute Gasteiger partial charge is 0.396 e. The maximum Gasteiger partial charge on any atom is 0.297 e. The number of benzene rings is 1. The zero-order valence-electron chi connectivity index (χ0n) is 13.4. The third-order valence-electron chi connectivity index (χ3n) is 3.36. The Morgan fingerprint density at radius 3 is 2.70 bits per heavy atom. The number of hydrogen-bond donors (Lipinski definition) is 1. The molecule has 1 aromatic carbocycles. The van der Waals surface area contributed by atoms with Crippen molar-refractivity contribution in [2.75, 3.05) is 13.2 Å². The van der Waals surface area contributed by atoms with E-state index in [9.17, 15) is 8.42 Å². The molecule has 0 fully saturated rings. The summed E-state index contributed by atoms with van der Waals surface area (Å²) in [7, 11) is -3.76. The van der Waals surface area contributed by atoms with Crippen molar-refractivity contribution in [3.05, 3.63) is 40.8 Å². The molecule has 1 heterocycles. The Bertz CT molecular complexity index is 748. The second-order valence-electron chi connectivity index (χ2n) is 5.37. The van der Waals surface area contributed by atoms with Crippen LogP contribution in [0.5, 0.6) is 0 Å². The number of aliphatic hydroxyl groups is 1. The van der Waals surface area contributed by atoms with Crippen LogP contribution in [0.3, 0.4) is 0 Å². The van der Waals surface area contributed by atoms with Gasteiger partial charge in [-0.2, -0.15) is 8.42 Å². The van der Waals surface area contributed by atoms with Crippen LogP contribution < -0.4 is 0 Å². The standard InChI is InChI=1S/C17H22O4S2/c1-3-11-21-23(19,20)17-9-6-13(2)12-15(17)16-8-7-14(22-16)5-4-10-18/h6-9,12,18H,3-5,10-11H2,1-2H3. The van der Waals surface area contributed by atoms with E-state index in [4.69, 9.17) is 9.29 Å². The van der Waals surface area contributed by atoms with Crippen molar-refractivity contribution in [1.29, 1.82) is 0 Å². The molecule has 1 N–H and O–H groups in total. The van der Waals surface area contributed by atoms with Crippen molar-refractivity contribution in [3.8, 4) is 10.4 Å². The van der Waals surface area contributed by atoms with Gasteiger partial charge in [-0.05, 0) is 50.5 Å². The van der Waals surface area contributed by atoms with Crippen LogP contribution in [-0.2, 0) is 20.7 Å². The molecule has 4 nitrogen and oxygen atoms in total. The highest BCUT2D eigenvalue weighted by Crippen LogP contribution is 2.35. The molecule has 0 bridgehead atoms. The van der Waals surface area contributed by atoms with Crippen LogP contribution in [0, 0.1) is 6.92 Å². The maximum absolute atomic E-state index is 12.4. The molecule has 0 radical (unpaired) electrons. The molecule has 0 saturated carbocycles. The summed E-state index contributed by atoms with van der Waals surface area (Å²) >= 11 is 1.56. The zero-order chi connectivity index (χ0) is 16.9. The van der Waals surface area contributed by atoms with Crippen LogP contribution in [-0.4, -0.2) is 26.7 Å². The second-order valence-corrected chi connectivity index (χ2v) is 8.12. The quantitative estimate of drug-likeness (QED) is 0.733. The number of aliphatic hydroxyl groups excluding tert-OH is 1. The van der Waals surface area contributed by atoms with Gasteiger partial charge < -0.3 is 5.11 Å². The minimum absolute atomic E-state index is 0.155. The molecule has 2 aromatic rings. The lowest BCUT2D eigenvalue weighted by Gasteiger charge is -2.10. The molecule has 0 atom stereocenters. The maximum atomic E-state index is 12.4. The Balaban J connectivity index is 2.41.